The summed E-state index contributed by atoms with van der Waals surface area (Å²) in [5, 5.41) is 2.85. The van der Waals surface area contributed by atoms with Crippen LogP contribution in [-0.4, -0.2) is 18.9 Å². The molecule has 16 heavy (non-hydrogen) atoms. The normalized spacial score (nSPS) is 9.44. The molecule has 0 fully saturated rings. The molecular weight excluding hydrogens is 210 g/mol. The fourth-order valence-electron chi connectivity index (χ4n) is 1.24. The molecule has 7 nitrogen and oxygen atoms in total. The third-order valence-electron chi connectivity index (χ3n) is 2.06. The van der Waals surface area contributed by atoms with E-state index in [4.69, 9.17) is 11.7 Å². The number of anilines is 1. The highest BCUT2D eigenvalue weighted by atomic mass is 16.2. The van der Waals surface area contributed by atoms with E-state index in [1.54, 1.807) is 13.1 Å². The Labute approximate surface area is 92.1 Å². The van der Waals surface area contributed by atoms with Crippen LogP contribution in [0.3, 0.4) is 0 Å². The van der Waals surface area contributed by atoms with Crippen molar-refractivity contribution in [1.82, 2.24) is 10.9 Å². The lowest BCUT2D eigenvalue weighted by Crippen LogP contribution is -2.35. The zero-order chi connectivity index (χ0) is 12.1. The van der Waals surface area contributed by atoms with Gasteiger partial charge in [-0.25, -0.2) is 11.7 Å². The smallest absolute Gasteiger partial charge is 0.266 e. The first kappa shape index (κ1) is 12.0. The molecule has 1 aromatic rings. The molecule has 1 aromatic carbocycles. The summed E-state index contributed by atoms with van der Waals surface area (Å²) in [5.41, 5.74) is 4.92. The Bertz CT molecular complexity index is 418. The molecule has 0 atom stereocenters. The number of hydrazine groups is 2. The second-order valence-corrected chi connectivity index (χ2v) is 2.96. The number of amides is 2. The van der Waals surface area contributed by atoms with Gasteiger partial charge < -0.3 is 5.32 Å². The monoisotopic (exact) mass is 223 g/mol. The Morgan fingerprint density at radius 2 is 1.62 bits per heavy atom. The minimum Gasteiger partial charge on any atom is -0.388 e. The van der Waals surface area contributed by atoms with Gasteiger partial charge in [0.1, 0.15) is 0 Å². The first-order valence-electron chi connectivity index (χ1n) is 4.47. The number of rotatable bonds is 3. The lowest BCUT2D eigenvalue weighted by molar-refractivity contribution is 0.0919. The van der Waals surface area contributed by atoms with Gasteiger partial charge in [-0.15, -0.1) is 0 Å². The molecule has 0 heterocycles. The van der Waals surface area contributed by atoms with Crippen molar-refractivity contribution in [2.75, 3.05) is 12.4 Å². The van der Waals surface area contributed by atoms with Crippen LogP contribution in [0.25, 0.3) is 0 Å². The fraction of sp³-hybridized carbons (Fsp3) is 0.111. The standard InChI is InChI=1S/C9H13N5O2/c1-12-5-2-3-6(8(15)13-10)7(4-5)9(16)14-11/h2-4,12H,10-11H2,1H3,(H,13,15)(H,14,16). The number of nitrogens with two attached hydrogens (primary N) is 2. The number of nitrogens with one attached hydrogen (secondary N) is 3. The lowest BCUT2D eigenvalue weighted by atomic mass is 10.1. The molecule has 86 valence electrons. The van der Waals surface area contributed by atoms with Crippen LogP contribution in [0.1, 0.15) is 20.7 Å². The van der Waals surface area contributed by atoms with E-state index >= 15 is 0 Å². The Hall–Kier alpha value is -2.12. The Balaban J connectivity index is 3.26. The number of carbonyl (C=O) groups is 2. The summed E-state index contributed by atoms with van der Waals surface area (Å²) in [4.78, 5) is 22.8. The van der Waals surface area contributed by atoms with Crippen LogP contribution >= 0.6 is 0 Å². The first-order valence-corrected chi connectivity index (χ1v) is 4.47. The molecule has 1 rings (SSSR count). The van der Waals surface area contributed by atoms with Crippen LogP contribution < -0.4 is 27.9 Å². The molecule has 0 aliphatic heterocycles. The predicted octanol–water partition coefficient (Wildman–Crippen LogP) is -1.06. The van der Waals surface area contributed by atoms with E-state index in [1.165, 1.54) is 12.1 Å². The number of nitrogen functional groups attached to an aromatic ring is 2. The van der Waals surface area contributed by atoms with Gasteiger partial charge in [0.05, 0.1) is 11.1 Å². The van der Waals surface area contributed by atoms with Gasteiger partial charge in [0, 0.05) is 12.7 Å². The van der Waals surface area contributed by atoms with Crippen LogP contribution in [0.2, 0.25) is 0 Å². The summed E-state index contributed by atoms with van der Waals surface area (Å²) in [7, 11) is 1.70. The molecular formula is C9H13N5O2. The van der Waals surface area contributed by atoms with Crippen molar-refractivity contribution in [2.45, 2.75) is 0 Å². The van der Waals surface area contributed by atoms with Gasteiger partial charge in [0.25, 0.3) is 11.8 Å². The summed E-state index contributed by atoms with van der Waals surface area (Å²) in [6, 6.07) is 4.64. The van der Waals surface area contributed by atoms with E-state index < -0.39 is 11.8 Å². The molecule has 0 spiro atoms. The third kappa shape index (κ3) is 2.27. The summed E-state index contributed by atoms with van der Waals surface area (Å²) in [5.74, 6) is 8.92. The van der Waals surface area contributed by atoms with Crippen molar-refractivity contribution >= 4 is 17.5 Å². The molecule has 0 aromatic heterocycles. The first-order chi connectivity index (χ1) is 7.63. The van der Waals surface area contributed by atoms with Crippen molar-refractivity contribution < 1.29 is 9.59 Å². The zero-order valence-electron chi connectivity index (χ0n) is 8.70. The Morgan fingerprint density at radius 3 is 2.12 bits per heavy atom. The molecule has 0 radical (unpaired) electrons. The van der Waals surface area contributed by atoms with E-state index in [0.29, 0.717) is 5.69 Å². The quantitative estimate of drug-likeness (QED) is 0.254. The molecule has 7 heteroatoms. The molecule has 0 saturated heterocycles. The van der Waals surface area contributed by atoms with E-state index in [2.05, 4.69) is 5.32 Å². The van der Waals surface area contributed by atoms with Crippen molar-refractivity contribution in [3.63, 3.8) is 0 Å². The van der Waals surface area contributed by atoms with Crippen LogP contribution in [0.5, 0.6) is 0 Å². The van der Waals surface area contributed by atoms with Crippen LogP contribution in [0.15, 0.2) is 18.2 Å². The highest BCUT2D eigenvalue weighted by molar-refractivity contribution is 6.07. The van der Waals surface area contributed by atoms with E-state index in [1.807, 2.05) is 10.9 Å². The average Bonchev–Trinajstić information content (AvgIpc) is 2.36. The Kier molecular flexibility index (Phi) is 3.81. The second-order valence-electron chi connectivity index (χ2n) is 2.96. The van der Waals surface area contributed by atoms with E-state index in [0.717, 1.165) is 0 Å². The van der Waals surface area contributed by atoms with Crippen molar-refractivity contribution in [1.29, 1.82) is 0 Å². The molecule has 0 aliphatic rings. The van der Waals surface area contributed by atoms with E-state index in [-0.39, 0.29) is 11.1 Å². The predicted molar refractivity (Wildman–Crippen MR) is 59.3 cm³/mol. The summed E-state index contributed by atoms with van der Waals surface area (Å²) >= 11 is 0. The van der Waals surface area contributed by atoms with Gasteiger partial charge in [-0.3, -0.25) is 20.4 Å². The topological polar surface area (TPSA) is 122 Å². The molecule has 0 unspecified atom stereocenters. The zero-order valence-corrected chi connectivity index (χ0v) is 8.70. The Morgan fingerprint density at radius 1 is 1.06 bits per heavy atom. The van der Waals surface area contributed by atoms with Crippen LogP contribution in [0, 0.1) is 0 Å². The number of hydrogen-bond acceptors (Lipinski definition) is 5. The maximum Gasteiger partial charge on any atom is 0.266 e. The van der Waals surface area contributed by atoms with Gasteiger partial charge in [0.2, 0.25) is 0 Å². The lowest BCUT2D eigenvalue weighted by Gasteiger charge is -2.09. The minimum absolute atomic E-state index is 0.150. The van der Waals surface area contributed by atoms with Gasteiger partial charge in [-0.2, -0.15) is 0 Å². The third-order valence-corrected chi connectivity index (χ3v) is 2.06. The van der Waals surface area contributed by atoms with Gasteiger partial charge in [0.15, 0.2) is 0 Å². The largest absolute Gasteiger partial charge is 0.388 e. The molecule has 0 bridgehead atoms. The highest BCUT2D eigenvalue weighted by Gasteiger charge is 2.16. The van der Waals surface area contributed by atoms with Crippen LogP contribution in [0.4, 0.5) is 5.69 Å². The molecule has 0 saturated carbocycles. The van der Waals surface area contributed by atoms with Crippen molar-refractivity contribution in [3.05, 3.63) is 29.3 Å². The second kappa shape index (κ2) is 5.10. The molecule has 2 amide bonds. The SMILES string of the molecule is CNc1ccc(C(=O)NN)c(C(=O)NN)c1. The minimum atomic E-state index is -0.560. The van der Waals surface area contributed by atoms with E-state index in [9.17, 15) is 9.59 Å². The number of hydrogen-bond donors (Lipinski definition) is 5. The van der Waals surface area contributed by atoms with Gasteiger partial charge in [-0.1, -0.05) is 0 Å². The number of benzene rings is 1. The molecule has 7 N–H and O–H groups in total. The van der Waals surface area contributed by atoms with Crippen molar-refractivity contribution in [2.24, 2.45) is 11.7 Å². The van der Waals surface area contributed by atoms with Crippen molar-refractivity contribution in [3.8, 4) is 0 Å². The molecule has 0 aliphatic carbocycles. The number of carbonyl (C=O) groups excluding carboxylic acids is 2. The van der Waals surface area contributed by atoms with Crippen LogP contribution in [-0.2, 0) is 0 Å². The summed E-state index contributed by atoms with van der Waals surface area (Å²) in [6.07, 6.45) is 0. The highest BCUT2D eigenvalue weighted by Crippen LogP contribution is 2.15. The summed E-state index contributed by atoms with van der Waals surface area (Å²) < 4.78 is 0. The maximum atomic E-state index is 11.4. The average molecular weight is 223 g/mol. The van der Waals surface area contributed by atoms with Gasteiger partial charge in [-0.05, 0) is 18.2 Å². The fourth-order valence-corrected chi connectivity index (χ4v) is 1.24. The summed E-state index contributed by atoms with van der Waals surface area (Å²) in [6.45, 7) is 0. The van der Waals surface area contributed by atoms with Gasteiger partial charge >= 0.3 is 0 Å². The maximum absolute atomic E-state index is 11.4.